The number of nitrogens with zero attached hydrogens (tertiary/aromatic N) is 1. The molecular weight excluding hydrogens is 214 g/mol. The normalized spacial score (nSPS) is 20.5. The SMILES string of the molecule is CC1CCCN1Cc1ccc(C(=O)NN)cc1. The van der Waals surface area contributed by atoms with Crippen molar-refractivity contribution in [2.75, 3.05) is 6.54 Å². The van der Waals surface area contributed by atoms with Crippen LogP contribution in [0.5, 0.6) is 0 Å². The molecule has 0 aliphatic carbocycles. The van der Waals surface area contributed by atoms with Crippen molar-refractivity contribution in [3.05, 3.63) is 35.4 Å². The number of rotatable bonds is 3. The van der Waals surface area contributed by atoms with Crippen LogP contribution in [-0.4, -0.2) is 23.4 Å². The first kappa shape index (κ1) is 12.1. The van der Waals surface area contributed by atoms with Crippen molar-refractivity contribution < 1.29 is 4.79 Å². The summed E-state index contributed by atoms with van der Waals surface area (Å²) in [5, 5.41) is 0. The topological polar surface area (TPSA) is 58.4 Å². The number of nitrogen functional groups attached to an aromatic ring is 1. The third-order valence-corrected chi connectivity index (χ3v) is 3.42. The number of nitrogens with one attached hydrogen (secondary N) is 1. The van der Waals surface area contributed by atoms with Crippen LogP contribution in [0.2, 0.25) is 0 Å². The zero-order chi connectivity index (χ0) is 12.3. The quantitative estimate of drug-likeness (QED) is 0.469. The fourth-order valence-corrected chi connectivity index (χ4v) is 2.31. The smallest absolute Gasteiger partial charge is 0.265 e. The number of benzene rings is 1. The van der Waals surface area contributed by atoms with Crippen molar-refractivity contribution in [3.63, 3.8) is 0 Å². The standard InChI is InChI=1S/C13H19N3O/c1-10-3-2-8-16(10)9-11-4-6-12(7-5-11)13(17)15-14/h4-7,10H,2-3,8-9,14H2,1H3,(H,15,17). The first-order valence-electron chi connectivity index (χ1n) is 6.04. The molecule has 4 heteroatoms. The van der Waals surface area contributed by atoms with E-state index in [0.717, 1.165) is 6.54 Å². The van der Waals surface area contributed by atoms with Gasteiger partial charge in [-0.15, -0.1) is 0 Å². The van der Waals surface area contributed by atoms with E-state index in [1.54, 1.807) is 0 Å². The van der Waals surface area contributed by atoms with E-state index < -0.39 is 0 Å². The summed E-state index contributed by atoms with van der Waals surface area (Å²) >= 11 is 0. The van der Waals surface area contributed by atoms with Crippen LogP contribution >= 0.6 is 0 Å². The molecule has 0 spiro atoms. The number of carbonyl (C=O) groups excluding carboxylic acids is 1. The number of amides is 1. The molecule has 1 atom stereocenters. The van der Waals surface area contributed by atoms with Gasteiger partial charge in [0.25, 0.3) is 5.91 Å². The Morgan fingerprint density at radius 3 is 2.71 bits per heavy atom. The molecule has 0 radical (unpaired) electrons. The zero-order valence-corrected chi connectivity index (χ0v) is 10.1. The molecule has 0 aromatic heterocycles. The Balaban J connectivity index is 2.00. The molecule has 0 saturated carbocycles. The molecule has 1 aliphatic rings. The van der Waals surface area contributed by atoms with E-state index in [0.29, 0.717) is 11.6 Å². The van der Waals surface area contributed by atoms with Crippen LogP contribution < -0.4 is 11.3 Å². The van der Waals surface area contributed by atoms with Gasteiger partial charge in [-0.05, 0) is 44.0 Å². The van der Waals surface area contributed by atoms with Gasteiger partial charge in [0.15, 0.2) is 0 Å². The second-order valence-corrected chi connectivity index (χ2v) is 4.63. The highest BCUT2D eigenvalue weighted by Gasteiger charge is 2.19. The number of carbonyl (C=O) groups is 1. The molecular formula is C13H19N3O. The van der Waals surface area contributed by atoms with Gasteiger partial charge in [-0.1, -0.05) is 12.1 Å². The van der Waals surface area contributed by atoms with Gasteiger partial charge in [0.05, 0.1) is 0 Å². The lowest BCUT2D eigenvalue weighted by atomic mass is 10.1. The monoisotopic (exact) mass is 233 g/mol. The van der Waals surface area contributed by atoms with E-state index in [2.05, 4.69) is 17.2 Å². The van der Waals surface area contributed by atoms with E-state index in [4.69, 9.17) is 5.84 Å². The summed E-state index contributed by atoms with van der Waals surface area (Å²) in [6.07, 6.45) is 2.57. The van der Waals surface area contributed by atoms with Gasteiger partial charge >= 0.3 is 0 Å². The molecule has 1 unspecified atom stereocenters. The largest absolute Gasteiger partial charge is 0.296 e. The summed E-state index contributed by atoms with van der Waals surface area (Å²) in [6.45, 7) is 4.40. The third-order valence-electron chi connectivity index (χ3n) is 3.42. The van der Waals surface area contributed by atoms with Crippen LogP contribution in [0, 0.1) is 0 Å². The number of hydrogen-bond donors (Lipinski definition) is 2. The van der Waals surface area contributed by atoms with Crippen LogP contribution in [0.3, 0.4) is 0 Å². The van der Waals surface area contributed by atoms with Gasteiger partial charge < -0.3 is 0 Å². The highest BCUT2D eigenvalue weighted by Crippen LogP contribution is 2.19. The molecule has 4 nitrogen and oxygen atoms in total. The van der Waals surface area contributed by atoms with Crippen molar-refractivity contribution in [3.8, 4) is 0 Å². The summed E-state index contributed by atoms with van der Waals surface area (Å²) < 4.78 is 0. The Labute approximate surface area is 102 Å². The second-order valence-electron chi connectivity index (χ2n) is 4.63. The molecule has 1 aromatic rings. The Bertz CT molecular complexity index is 388. The van der Waals surface area contributed by atoms with E-state index in [1.165, 1.54) is 24.9 Å². The first-order chi connectivity index (χ1) is 8.20. The lowest BCUT2D eigenvalue weighted by molar-refractivity contribution is 0.0953. The minimum atomic E-state index is -0.244. The highest BCUT2D eigenvalue weighted by atomic mass is 16.2. The minimum absolute atomic E-state index is 0.244. The molecule has 0 bridgehead atoms. The van der Waals surface area contributed by atoms with Crippen molar-refractivity contribution in [1.82, 2.24) is 10.3 Å². The Morgan fingerprint density at radius 1 is 1.47 bits per heavy atom. The van der Waals surface area contributed by atoms with Gasteiger partial charge in [0, 0.05) is 18.2 Å². The lowest BCUT2D eigenvalue weighted by Crippen LogP contribution is -2.30. The summed E-state index contributed by atoms with van der Waals surface area (Å²) in [5.41, 5.74) is 3.98. The van der Waals surface area contributed by atoms with Crippen molar-refractivity contribution >= 4 is 5.91 Å². The molecule has 1 aromatic carbocycles. The third kappa shape index (κ3) is 2.84. The molecule has 1 saturated heterocycles. The number of nitrogens with two attached hydrogens (primary N) is 1. The van der Waals surface area contributed by atoms with Gasteiger partial charge in [-0.25, -0.2) is 5.84 Å². The second kappa shape index (κ2) is 5.29. The molecule has 2 rings (SSSR count). The van der Waals surface area contributed by atoms with Crippen LogP contribution in [0.4, 0.5) is 0 Å². The molecule has 3 N–H and O–H groups in total. The number of likely N-dealkylation sites (tertiary alicyclic amines) is 1. The van der Waals surface area contributed by atoms with E-state index >= 15 is 0 Å². The lowest BCUT2D eigenvalue weighted by Gasteiger charge is -2.20. The molecule has 92 valence electrons. The average molecular weight is 233 g/mol. The predicted octanol–water partition coefficient (Wildman–Crippen LogP) is 1.27. The van der Waals surface area contributed by atoms with E-state index in [9.17, 15) is 4.79 Å². The van der Waals surface area contributed by atoms with Crippen LogP contribution in [0.15, 0.2) is 24.3 Å². The summed E-state index contributed by atoms with van der Waals surface area (Å²) in [7, 11) is 0. The molecule has 1 amide bonds. The fourth-order valence-electron chi connectivity index (χ4n) is 2.31. The zero-order valence-electron chi connectivity index (χ0n) is 10.1. The van der Waals surface area contributed by atoms with E-state index in [-0.39, 0.29) is 5.91 Å². The maximum absolute atomic E-state index is 11.3. The fraction of sp³-hybridized carbons (Fsp3) is 0.462. The van der Waals surface area contributed by atoms with E-state index in [1.807, 2.05) is 24.3 Å². The first-order valence-corrected chi connectivity index (χ1v) is 6.04. The summed E-state index contributed by atoms with van der Waals surface area (Å²) in [4.78, 5) is 13.7. The van der Waals surface area contributed by atoms with Gasteiger partial charge in [-0.3, -0.25) is 15.1 Å². The molecule has 1 heterocycles. The Hall–Kier alpha value is -1.39. The molecule has 1 aliphatic heterocycles. The maximum Gasteiger partial charge on any atom is 0.265 e. The predicted molar refractivity (Wildman–Crippen MR) is 67.2 cm³/mol. The van der Waals surface area contributed by atoms with Gasteiger partial charge in [-0.2, -0.15) is 0 Å². The number of hydrogen-bond acceptors (Lipinski definition) is 3. The van der Waals surface area contributed by atoms with Crippen molar-refractivity contribution in [1.29, 1.82) is 0 Å². The number of hydrazine groups is 1. The maximum atomic E-state index is 11.3. The molecule has 1 fully saturated rings. The van der Waals surface area contributed by atoms with Crippen LogP contribution in [0.25, 0.3) is 0 Å². The van der Waals surface area contributed by atoms with Crippen molar-refractivity contribution in [2.24, 2.45) is 5.84 Å². The minimum Gasteiger partial charge on any atom is -0.296 e. The Kier molecular flexibility index (Phi) is 3.76. The van der Waals surface area contributed by atoms with Crippen LogP contribution in [0.1, 0.15) is 35.7 Å². The Morgan fingerprint density at radius 2 is 2.18 bits per heavy atom. The highest BCUT2D eigenvalue weighted by molar-refractivity contribution is 5.93. The van der Waals surface area contributed by atoms with Crippen LogP contribution in [-0.2, 0) is 6.54 Å². The van der Waals surface area contributed by atoms with Gasteiger partial charge in [0.2, 0.25) is 0 Å². The average Bonchev–Trinajstić information content (AvgIpc) is 2.75. The van der Waals surface area contributed by atoms with Gasteiger partial charge in [0.1, 0.15) is 0 Å². The summed E-state index contributed by atoms with van der Waals surface area (Å²) in [5.74, 6) is 4.84. The molecule has 17 heavy (non-hydrogen) atoms. The summed E-state index contributed by atoms with van der Waals surface area (Å²) in [6, 6.07) is 8.30. The van der Waals surface area contributed by atoms with Crippen molar-refractivity contribution in [2.45, 2.75) is 32.4 Å².